The summed E-state index contributed by atoms with van der Waals surface area (Å²) in [5.74, 6) is 0.981. The molecule has 0 spiro atoms. The fourth-order valence-corrected chi connectivity index (χ4v) is 2.44. The molecule has 0 amide bonds. The van der Waals surface area contributed by atoms with E-state index in [0.29, 0.717) is 0 Å². The molecule has 0 aromatic carbocycles. The topological polar surface area (TPSA) is 43.0 Å². The Hall–Kier alpha value is -1.55. The minimum atomic E-state index is 0.740. The van der Waals surface area contributed by atoms with Gasteiger partial charge in [-0.2, -0.15) is 5.10 Å². The Morgan fingerprint density at radius 2 is 2.11 bits per heavy atom. The molecule has 0 saturated carbocycles. The van der Waals surface area contributed by atoms with Crippen LogP contribution in [0.25, 0.3) is 11.1 Å². The van der Waals surface area contributed by atoms with Crippen molar-refractivity contribution >= 4 is 0 Å². The van der Waals surface area contributed by atoms with E-state index in [1.807, 2.05) is 24.8 Å². The van der Waals surface area contributed by atoms with E-state index >= 15 is 0 Å². The van der Waals surface area contributed by atoms with Crippen LogP contribution < -0.4 is 5.32 Å². The van der Waals surface area contributed by atoms with Gasteiger partial charge < -0.3 is 9.73 Å². The third-order valence-electron chi connectivity index (χ3n) is 3.26. The molecular weight excluding hydrogens is 226 g/mol. The van der Waals surface area contributed by atoms with Crippen LogP contribution in [-0.4, -0.2) is 16.8 Å². The Labute approximate surface area is 108 Å². The van der Waals surface area contributed by atoms with E-state index in [0.717, 1.165) is 30.8 Å². The van der Waals surface area contributed by atoms with Crippen molar-refractivity contribution in [1.29, 1.82) is 0 Å². The Balaban J connectivity index is 2.58. The molecule has 98 valence electrons. The number of furan rings is 1. The molecule has 2 rings (SSSR count). The molecule has 2 aromatic rings. The predicted octanol–water partition coefficient (Wildman–Crippen LogP) is 2.52. The van der Waals surface area contributed by atoms with Crippen LogP contribution in [0.2, 0.25) is 0 Å². The van der Waals surface area contributed by atoms with Gasteiger partial charge in [0.05, 0.1) is 18.5 Å². The lowest BCUT2D eigenvalue weighted by Crippen LogP contribution is -2.05. The predicted molar refractivity (Wildman–Crippen MR) is 72.4 cm³/mol. The quantitative estimate of drug-likeness (QED) is 0.883. The van der Waals surface area contributed by atoms with E-state index in [-0.39, 0.29) is 0 Å². The van der Waals surface area contributed by atoms with E-state index in [9.17, 15) is 0 Å². The Morgan fingerprint density at radius 1 is 1.33 bits per heavy atom. The van der Waals surface area contributed by atoms with Crippen molar-refractivity contribution in [3.05, 3.63) is 29.5 Å². The summed E-state index contributed by atoms with van der Waals surface area (Å²) < 4.78 is 7.56. The zero-order chi connectivity index (χ0) is 13.1. The first-order valence-corrected chi connectivity index (χ1v) is 6.48. The molecule has 4 nitrogen and oxygen atoms in total. The van der Waals surface area contributed by atoms with Gasteiger partial charge in [0.1, 0.15) is 5.76 Å². The van der Waals surface area contributed by atoms with Gasteiger partial charge in [0.15, 0.2) is 0 Å². The first-order chi connectivity index (χ1) is 8.72. The maximum absolute atomic E-state index is 5.57. The summed E-state index contributed by atoms with van der Waals surface area (Å²) in [6, 6.07) is 2.04. The smallest absolute Gasteiger partial charge is 0.125 e. The van der Waals surface area contributed by atoms with Gasteiger partial charge in [-0.3, -0.25) is 4.68 Å². The van der Waals surface area contributed by atoms with Crippen LogP contribution in [0.3, 0.4) is 0 Å². The van der Waals surface area contributed by atoms with Crippen molar-refractivity contribution in [2.75, 3.05) is 7.05 Å². The SMILES string of the molecule is CCc1nn(C)c(CC)c1-c1ccoc1CNC. The van der Waals surface area contributed by atoms with Crippen molar-refractivity contribution < 1.29 is 4.42 Å². The number of aromatic nitrogens is 2. The standard InChI is InChI=1S/C14H21N3O/c1-5-11-14(12(6-2)17(4)16-11)10-7-8-18-13(10)9-15-3/h7-8,15H,5-6,9H2,1-4H3. The van der Waals surface area contributed by atoms with Gasteiger partial charge in [0.25, 0.3) is 0 Å². The van der Waals surface area contributed by atoms with E-state index in [1.165, 1.54) is 16.8 Å². The van der Waals surface area contributed by atoms with Crippen LogP contribution in [-0.2, 0) is 26.4 Å². The third-order valence-corrected chi connectivity index (χ3v) is 3.26. The van der Waals surface area contributed by atoms with E-state index in [2.05, 4.69) is 24.3 Å². The van der Waals surface area contributed by atoms with Gasteiger partial charge in [-0.25, -0.2) is 0 Å². The van der Waals surface area contributed by atoms with Crippen LogP contribution in [0.5, 0.6) is 0 Å². The van der Waals surface area contributed by atoms with E-state index in [4.69, 9.17) is 4.42 Å². The second-order valence-corrected chi connectivity index (χ2v) is 4.39. The van der Waals surface area contributed by atoms with Gasteiger partial charge in [0, 0.05) is 23.9 Å². The highest BCUT2D eigenvalue weighted by atomic mass is 16.3. The molecule has 0 bridgehead atoms. The largest absolute Gasteiger partial charge is 0.467 e. The fourth-order valence-electron chi connectivity index (χ4n) is 2.44. The first kappa shape index (κ1) is 12.9. The maximum Gasteiger partial charge on any atom is 0.125 e. The summed E-state index contributed by atoms with van der Waals surface area (Å²) in [6.45, 7) is 5.05. The van der Waals surface area contributed by atoms with Gasteiger partial charge in [-0.1, -0.05) is 13.8 Å². The van der Waals surface area contributed by atoms with Crippen LogP contribution >= 0.6 is 0 Å². The number of hydrogen-bond donors (Lipinski definition) is 1. The maximum atomic E-state index is 5.57. The molecular formula is C14H21N3O. The molecule has 4 heteroatoms. The lowest BCUT2D eigenvalue weighted by molar-refractivity contribution is 0.496. The molecule has 0 aliphatic rings. The fraction of sp³-hybridized carbons (Fsp3) is 0.500. The molecule has 0 aliphatic heterocycles. The monoisotopic (exact) mass is 247 g/mol. The molecule has 0 aliphatic carbocycles. The number of nitrogens with zero attached hydrogens (tertiary/aromatic N) is 2. The summed E-state index contributed by atoms with van der Waals surface area (Å²) in [7, 11) is 3.94. The summed E-state index contributed by atoms with van der Waals surface area (Å²) in [6.07, 6.45) is 3.67. The minimum Gasteiger partial charge on any atom is -0.467 e. The van der Waals surface area contributed by atoms with Crippen molar-refractivity contribution in [3.63, 3.8) is 0 Å². The van der Waals surface area contributed by atoms with Crippen molar-refractivity contribution in [1.82, 2.24) is 15.1 Å². The average molecular weight is 247 g/mol. The zero-order valence-electron chi connectivity index (χ0n) is 11.6. The normalized spacial score (nSPS) is 11.1. The van der Waals surface area contributed by atoms with Gasteiger partial charge in [-0.05, 0) is 26.0 Å². The second kappa shape index (κ2) is 5.40. The summed E-state index contributed by atoms with van der Waals surface area (Å²) in [5, 5.41) is 7.75. The lowest BCUT2D eigenvalue weighted by atomic mass is 10.0. The molecule has 1 N–H and O–H groups in total. The molecule has 0 atom stereocenters. The molecule has 18 heavy (non-hydrogen) atoms. The Bertz CT molecular complexity index is 525. The first-order valence-electron chi connectivity index (χ1n) is 6.48. The van der Waals surface area contributed by atoms with Gasteiger partial charge >= 0.3 is 0 Å². The third kappa shape index (κ3) is 2.08. The van der Waals surface area contributed by atoms with Crippen LogP contribution in [0.15, 0.2) is 16.7 Å². The number of rotatable bonds is 5. The van der Waals surface area contributed by atoms with Crippen molar-refractivity contribution in [3.8, 4) is 11.1 Å². The molecule has 0 unspecified atom stereocenters. The summed E-state index contributed by atoms with van der Waals surface area (Å²) in [5.41, 5.74) is 4.84. The van der Waals surface area contributed by atoms with Crippen LogP contribution in [0, 0.1) is 0 Å². The number of hydrogen-bond acceptors (Lipinski definition) is 3. The number of nitrogens with one attached hydrogen (secondary N) is 1. The van der Waals surface area contributed by atoms with E-state index in [1.54, 1.807) is 6.26 Å². The highest BCUT2D eigenvalue weighted by molar-refractivity contribution is 5.70. The average Bonchev–Trinajstić information content (AvgIpc) is 2.93. The molecule has 0 fully saturated rings. The number of aryl methyl sites for hydroxylation is 2. The van der Waals surface area contributed by atoms with E-state index < -0.39 is 0 Å². The van der Waals surface area contributed by atoms with Gasteiger partial charge in [-0.15, -0.1) is 0 Å². The molecule has 2 aromatic heterocycles. The lowest BCUT2D eigenvalue weighted by Gasteiger charge is -2.05. The Kier molecular flexibility index (Phi) is 3.87. The highest BCUT2D eigenvalue weighted by Gasteiger charge is 2.19. The highest BCUT2D eigenvalue weighted by Crippen LogP contribution is 2.31. The van der Waals surface area contributed by atoms with Gasteiger partial charge in [0.2, 0.25) is 0 Å². The summed E-state index contributed by atoms with van der Waals surface area (Å²) in [4.78, 5) is 0. The molecule has 0 saturated heterocycles. The van der Waals surface area contributed by atoms with Crippen molar-refractivity contribution in [2.24, 2.45) is 7.05 Å². The summed E-state index contributed by atoms with van der Waals surface area (Å²) >= 11 is 0. The Morgan fingerprint density at radius 3 is 2.72 bits per heavy atom. The molecule has 2 heterocycles. The van der Waals surface area contributed by atoms with Crippen molar-refractivity contribution in [2.45, 2.75) is 33.2 Å². The zero-order valence-corrected chi connectivity index (χ0v) is 11.6. The van der Waals surface area contributed by atoms with Crippen LogP contribution in [0.4, 0.5) is 0 Å². The molecule has 0 radical (unpaired) electrons. The van der Waals surface area contributed by atoms with Crippen LogP contribution in [0.1, 0.15) is 31.0 Å². The second-order valence-electron chi connectivity index (χ2n) is 4.39. The minimum absolute atomic E-state index is 0.740.